The molecule has 1 aliphatic rings. The highest BCUT2D eigenvalue weighted by atomic mass is 15.0. The molecule has 1 aliphatic carbocycles. The van der Waals surface area contributed by atoms with E-state index in [4.69, 9.17) is 19.9 Å². The molecule has 3 aromatic carbocycles. The number of hydrogen-bond acceptors (Lipinski definition) is 5. The first-order chi connectivity index (χ1) is 18.1. The minimum atomic E-state index is -0.314. The van der Waals surface area contributed by atoms with E-state index in [-0.39, 0.29) is 5.41 Å². The van der Waals surface area contributed by atoms with Crippen molar-refractivity contribution in [2.24, 2.45) is 0 Å². The van der Waals surface area contributed by atoms with Crippen molar-refractivity contribution in [3.05, 3.63) is 115 Å². The van der Waals surface area contributed by atoms with Crippen molar-refractivity contribution in [1.82, 2.24) is 24.9 Å². The summed E-state index contributed by atoms with van der Waals surface area (Å²) in [6.07, 6.45) is 3.77. The summed E-state index contributed by atoms with van der Waals surface area (Å²) >= 11 is 0. The maximum Gasteiger partial charge on any atom is 0.180 e. The van der Waals surface area contributed by atoms with Gasteiger partial charge in [0.05, 0.1) is 34.3 Å². The van der Waals surface area contributed by atoms with Crippen molar-refractivity contribution in [3.8, 4) is 45.3 Å². The molecule has 0 aliphatic heterocycles. The number of benzene rings is 3. The van der Waals surface area contributed by atoms with Gasteiger partial charge in [0, 0.05) is 33.9 Å². The summed E-state index contributed by atoms with van der Waals surface area (Å²) in [4.78, 5) is 24.6. The van der Waals surface area contributed by atoms with Gasteiger partial charge in [-0.3, -0.25) is 9.97 Å². The van der Waals surface area contributed by atoms with E-state index in [0.717, 1.165) is 55.9 Å². The molecule has 0 amide bonds. The second-order valence-electron chi connectivity index (χ2n) is 9.84. The first kappa shape index (κ1) is 21.5. The molecule has 5 heteroatoms. The SMILES string of the molecule is CC1(C)c2cnc(-c3ccccc3)cc2-c2nc(-c3cnc4ccccc4n3)nc(-c3ccccc3)c21. The third-order valence-corrected chi connectivity index (χ3v) is 7.16. The standard InChI is InChI=1S/C32H23N5/c1-32(2)23-18-33-26(20-11-5-3-6-12-20)17-22(23)30-28(32)29(21-13-7-4-8-14-21)36-31(37-30)27-19-34-24-15-9-10-16-25(24)35-27/h3-19H,1-2H3. The fraction of sp³-hybridized carbons (Fsp3) is 0.0938. The number of para-hydroxylation sites is 2. The highest BCUT2D eigenvalue weighted by Gasteiger charge is 2.40. The number of nitrogens with zero attached hydrogens (tertiary/aromatic N) is 5. The molecule has 0 N–H and O–H groups in total. The Morgan fingerprint density at radius 2 is 1.22 bits per heavy atom. The molecule has 0 saturated carbocycles. The smallest absolute Gasteiger partial charge is 0.180 e. The zero-order valence-electron chi connectivity index (χ0n) is 20.6. The molecular formula is C32H23N5. The van der Waals surface area contributed by atoms with Crippen LogP contribution < -0.4 is 0 Å². The Bertz CT molecular complexity index is 1790. The predicted molar refractivity (Wildman–Crippen MR) is 147 cm³/mol. The predicted octanol–water partition coefficient (Wildman–Crippen LogP) is 7.12. The molecule has 7 rings (SSSR count). The molecule has 0 atom stereocenters. The molecule has 3 heterocycles. The number of rotatable bonds is 3. The van der Waals surface area contributed by atoms with Gasteiger partial charge >= 0.3 is 0 Å². The van der Waals surface area contributed by atoms with Crippen molar-refractivity contribution < 1.29 is 0 Å². The lowest BCUT2D eigenvalue weighted by molar-refractivity contribution is 0.655. The Labute approximate surface area is 215 Å². The van der Waals surface area contributed by atoms with Crippen LogP contribution in [0, 0.1) is 0 Å². The zero-order valence-corrected chi connectivity index (χ0v) is 20.6. The van der Waals surface area contributed by atoms with Crippen LogP contribution in [0.3, 0.4) is 0 Å². The van der Waals surface area contributed by atoms with Gasteiger partial charge in [-0.2, -0.15) is 0 Å². The van der Waals surface area contributed by atoms with Crippen LogP contribution in [0.2, 0.25) is 0 Å². The lowest BCUT2D eigenvalue weighted by Gasteiger charge is -2.23. The van der Waals surface area contributed by atoms with E-state index < -0.39 is 0 Å². The molecule has 0 radical (unpaired) electrons. The Kier molecular flexibility index (Phi) is 4.73. The van der Waals surface area contributed by atoms with Gasteiger partial charge in [0.25, 0.3) is 0 Å². The summed E-state index contributed by atoms with van der Waals surface area (Å²) in [6.45, 7) is 4.46. The van der Waals surface area contributed by atoms with E-state index in [2.05, 4.69) is 49.2 Å². The molecule has 0 unspecified atom stereocenters. The Morgan fingerprint density at radius 3 is 1.97 bits per heavy atom. The Hall–Kier alpha value is -4.77. The van der Waals surface area contributed by atoms with Crippen molar-refractivity contribution in [2.45, 2.75) is 19.3 Å². The van der Waals surface area contributed by atoms with E-state index in [1.807, 2.05) is 66.9 Å². The van der Waals surface area contributed by atoms with Crippen molar-refractivity contribution in [3.63, 3.8) is 0 Å². The van der Waals surface area contributed by atoms with Crippen molar-refractivity contribution in [2.75, 3.05) is 0 Å². The molecule has 6 aromatic rings. The van der Waals surface area contributed by atoms with Crippen molar-refractivity contribution in [1.29, 1.82) is 0 Å². The average molecular weight is 478 g/mol. The van der Waals surface area contributed by atoms with Crippen LogP contribution in [0.4, 0.5) is 0 Å². The van der Waals surface area contributed by atoms with E-state index >= 15 is 0 Å². The van der Waals surface area contributed by atoms with Crippen LogP contribution in [0.5, 0.6) is 0 Å². The Morgan fingerprint density at radius 1 is 0.568 bits per heavy atom. The normalized spacial score (nSPS) is 13.4. The van der Waals surface area contributed by atoms with Crippen LogP contribution in [-0.2, 0) is 5.41 Å². The molecule has 3 aromatic heterocycles. The van der Waals surface area contributed by atoms with Crippen molar-refractivity contribution >= 4 is 11.0 Å². The van der Waals surface area contributed by atoms with E-state index in [0.29, 0.717) is 11.5 Å². The fourth-order valence-corrected chi connectivity index (χ4v) is 5.28. The first-order valence-electron chi connectivity index (χ1n) is 12.4. The Balaban J connectivity index is 1.51. The summed E-state index contributed by atoms with van der Waals surface area (Å²) in [5, 5.41) is 0. The molecule has 37 heavy (non-hydrogen) atoms. The lowest BCUT2D eigenvalue weighted by atomic mass is 9.81. The highest BCUT2D eigenvalue weighted by molar-refractivity contribution is 5.87. The maximum atomic E-state index is 5.15. The number of fused-ring (bicyclic) bond motifs is 4. The monoisotopic (exact) mass is 477 g/mol. The molecule has 5 nitrogen and oxygen atoms in total. The number of aromatic nitrogens is 5. The summed E-state index contributed by atoms with van der Waals surface area (Å²) in [6, 6.07) is 30.6. The van der Waals surface area contributed by atoms with Gasteiger partial charge in [0.2, 0.25) is 0 Å². The molecule has 0 bridgehead atoms. The summed E-state index contributed by atoms with van der Waals surface area (Å²) in [7, 11) is 0. The van der Waals surface area contributed by atoms with Gasteiger partial charge < -0.3 is 0 Å². The third kappa shape index (κ3) is 3.43. The van der Waals surface area contributed by atoms with Crippen LogP contribution >= 0.6 is 0 Å². The van der Waals surface area contributed by atoms with Crippen LogP contribution in [0.1, 0.15) is 25.0 Å². The first-order valence-corrected chi connectivity index (χ1v) is 12.4. The number of pyridine rings is 1. The quantitative estimate of drug-likeness (QED) is 0.271. The van der Waals surface area contributed by atoms with Gasteiger partial charge in [-0.25, -0.2) is 15.0 Å². The van der Waals surface area contributed by atoms with Gasteiger partial charge in [-0.05, 0) is 23.8 Å². The van der Waals surface area contributed by atoms with Gasteiger partial charge in [-0.1, -0.05) is 86.6 Å². The molecule has 0 spiro atoms. The van der Waals surface area contributed by atoms with Gasteiger partial charge in [0.1, 0.15) is 5.69 Å². The minimum Gasteiger partial charge on any atom is -0.256 e. The van der Waals surface area contributed by atoms with E-state index in [1.165, 1.54) is 0 Å². The van der Waals surface area contributed by atoms with Gasteiger partial charge in [0.15, 0.2) is 5.82 Å². The zero-order chi connectivity index (χ0) is 25.0. The topological polar surface area (TPSA) is 64.5 Å². The second-order valence-corrected chi connectivity index (χ2v) is 9.84. The van der Waals surface area contributed by atoms with Crippen LogP contribution in [0.25, 0.3) is 56.3 Å². The average Bonchev–Trinajstić information content (AvgIpc) is 3.19. The van der Waals surface area contributed by atoms with E-state index in [9.17, 15) is 0 Å². The summed E-state index contributed by atoms with van der Waals surface area (Å²) in [5.41, 5.74) is 10.3. The largest absolute Gasteiger partial charge is 0.256 e. The molecule has 0 saturated heterocycles. The molecule has 0 fully saturated rings. The summed E-state index contributed by atoms with van der Waals surface area (Å²) < 4.78 is 0. The molecular weight excluding hydrogens is 454 g/mol. The van der Waals surface area contributed by atoms with Crippen LogP contribution in [0.15, 0.2) is 103 Å². The fourth-order valence-electron chi connectivity index (χ4n) is 5.28. The lowest BCUT2D eigenvalue weighted by Crippen LogP contribution is -2.18. The van der Waals surface area contributed by atoms with Gasteiger partial charge in [-0.15, -0.1) is 0 Å². The number of hydrogen-bond donors (Lipinski definition) is 0. The van der Waals surface area contributed by atoms with E-state index in [1.54, 1.807) is 6.20 Å². The highest BCUT2D eigenvalue weighted by Crippen LogP contribution is 2.51. The second kappa shape index (κ2) is 8.14. The third-order valence-electron chi connectivity index (χ3n) is 7.16. The molecule has 176 valence electrons. The maximum absolute atomic E-state index is 5.15. The summed E-state index contributed by atoms with van der Waals surface area (Å²) in [5.74, 6) is 0.567. The minimum absolute atomic E-state index is 0.314. The van der Waals surface area contributed by atoms with Crippen LogP contribution in [-0.4, -0.2) is 24.9 Å².